The molecule has 2 fully saturated rings. The van der Waals surface area contributed by atoms with E-state index >= 15 is 0 Å². The van der Waals surface area contributed by atoms with Crippen LogP contribution in [0.3, 0.4) is 0 Å². The highest BCUT2D eigenvalue weighted by molar-refractivity contribution is 6.48. The highest BCUT2D eigenvalue weighted by atomic mass is 35.5. The van der Waals surface area contributed by atoms with Crippen LogP contribution in [-0.4, -0.2) is 58.7 Å². The molecule has 0 saturated carbocycles. The van der Waals surface area contributed by atoms with Crippen molar-refractivity contribution in [2.75, 3.05) is 26.2 Å². The fourth-order valence-electron chi connectivity index (χ4n) is 4.09. The zero-order chi connectivity index (χ0) is 22.2. The number of benzene rings is 1. The predicted molar refractivity (Wildman–Crippen MR) is 118 cm³/mol. The molecule has 2 amide bonds. The zero-order valence-corrected chi connectivity index (χ0v) is 19.6. The SMILES string of the molecule is CC(C)(C)OC(=O)N1CC[C@H](C(=O)N2CCC(c3c(O)cc(Cl)c(Cl)c3Cl)CC2)C1. The lowest BCUT2D eigenvalue weighted by Gasteiger charge is -2.34. The Hall–Kier alpha value is -1.37. The average Bonchev–Trinajstić information content (AvgIpc) is 3.15. The van der Waals surface area contributed by atoms with E-state index in [0.29, 0.717) is 51.0 Å². The minimum Gasteiger partial charge on any atom is -0.508 e. The van der Waals surface area contributed by atoms with Gasteiger partial charge in [0.05, 0.1) is 21.0 Å². The summed E-state index contributed by atoms with van der Waals surface area (Å²) in [6, 6.07) is 1.41. The van der Waals surface area contributed by atoms with E-state index in [2.05, 4.69) is 0 Å². The third kappa shape index (κ3) is 5.09. The molecule has 9 heteroatoms. The van der Waals surface area contributed by atoms with E-state index in [0.717, 1.165) is 0 Å². The maximum absolute atomic E-state index is 13.0. The predicted octanol–water partition coefficient (Wildman–Crippen LogP) is 5.32. The first-order valence-corrected chi connectivity index (χ1v) is 11.2. The van der Waals surface area contributed by atoms with Gasteiger partial charge in [-0.3, -0.25) is 4.79 Å². The Balaban J connectivity index is 1.58. The van der Waals surface area contributed by atoms with E-state index in [1.54, 1.807) is 4.90 Å². The summed E-state index contributed by atoms with van der Waals surface area (Å²) in [7, 11) is 0. The van der Waals surface area contributed by atoms with Crippen molar-refractivity contribution in [3.63, 3.8) is 0 Å². The van der Waals surface area contributed by atoms with Crippen LogP contribution in [0.5, 0.6) is 5.75 Å². The molecule has 2 heterocycles. The van der Waals surface area contributed by atoms with Crippen LogP contribution in [0.25, 0.3) is 0 Å². The Morgan fingerprint density at radius 1 is 1.03 bits per heavy atom. The van der Waals surface area contributed by atoms with Crippen LogP contribution in [0.15, 0.2) is 6.07 Å². The molecule has 0 bridgehead atoms. The molecule has 0 unspecified atom stereocenters. The van der Waals surface area contributed by atoms with Crippen LogP contribution in [-0.2, 0) is 9.53 Å². The van der Waals surface area contributed by atoms with E-state index < -0.39 is 5.60 Å². The lowest BCUT2D eigenvalue weighted by molar-refractivity contribution is -0.136. The largest absolute Gasteiger partial charge is 0.508 e. The van der Waals surface area contributed by atoms with Gasteiger partial charge in [0, 0.05) is 37.8 Å². The first kappa shape index (κ1) is 23.3. The normalized spacial score (nSPS) is 20.5. The maximum Gasteiger partial charge on any atom is 0.410 e. The van der Waals surface area contributed by atoms with Crippen molar-refractivity contribution < 1.29 is 19.4 Å². The number of halogens is 3. The molecule has 166 valence electrons. The van der Waals surface area contributed by atoms with Gasteiger partial charge in [-0.05, 0) is 46.0 Å². The zero-order valence-electron chi connectivity index (χ0n) is 17.4. The summed E-state index contributed by atoms with van der Waals surface area (Å²) >= 11 is 18.4. The number of nitrogens with zero attached hydrogens (tertiary/aromatic N) is 2. The standard InChI is InChI=1S/C21H27Cl3N2O4/c1-21(2,3)30-20(29)26-9-6-13(11-26)19(28)25-7-4-12(5-8-25)16-15(27)10-14(22)17(23)18(16)24/h10,12-13,27H,4-9,11H2,1-3H3/t13-/m0/s1. The van der Waals surface area contributed by atoms with Gasteiger partial charge in [0.15, 0.2) is 0 Å². The minimum absolute atomic E-state index is 0.00171. The number of hydrogen-bond acceptors (Lipinski definition) is 4. The Morgan fingerprint density at radius 2 is 1.63 bits per heavy atom. The molecular weight excluding hydrogens is 451 g/mol. The average molecular weight is 478 g/mol. The van der Waals surface area contributed by atoms with Gasteiger partial charge < -0.3 is 19.6 Å². The molecule has 2 aliphatic heterocycles. The number of rotatable bonds is 2. The Bertz CT molecular complexity index is 833. The van der Waals surface area contributed by atoms with Crippen LogP contribution in [0, 0.1) is 5.92 Å². The smallest absolute Gasteiger partial charge is 0.410 e. The van der Waals surface area contributed by atoms with Crippen LogP contribution < -0.4 is 0 Å². The highest BCUT2D eigenvalue weighted by Gasteiger charge is 2.37. The molecule has 2 saturated heterocycles. The van der Waals surface area contributed by atoms with Gasteiger partial charge in [-0.25, -0.2) is 4.79 Å². The first-order chi connectivity index (χ1) is 14.0. The summed E-state index contributed by atoms with van der Waals surface area (Å²) in [5.41, 5.74) is 0.0356. The highest BCUT2D eigenvalue weighted by Crippen LogP contribution is 2.45. The maximum atomic E-state index is 13.0. The van der Waals surface area contributed by atoms with Crippen LogP contribution in [0.1, 0.15) is 51.5 Å². The van der Waals surface area contributed by atoms with Crippen molar-refractivity contribution in [2.24, 2.45) is 5.92 Å². The molecule has 6 nitrogen and oxygen atoms in total. The molecule has 1 aromatic rings. The lowest BCUT2D eigenvalue weighted by atomic mass is 9.88. The summed E-state index contributed by atoms with van der Waals surface area (Å²) in [6.07, 6.45) is 1.59. The van der Waals surface area contributed by atoms with E-state index in [1.165, 1.54) is 6.07 Å². The van der Waals surface area contributed by atoms with Crippen LogP contribution in [0.4, 0.5) is 4.79 Å². The molecule has 2 aliphatic rings. The molecule has 0 aliphatic carbocycles. The lowest BCUT2D eigenvalue weighted by Crippen LogP contribution is -2.42. The molecular formula is C21H27Cl3N2O4. The van der Waals surface area contributed by atoms with Crippen molar-refractivity contribution in [1.82, 2.24) is 9.80 Å². The molecule has 1 aromatic carbocycles. The van der Waals surface area contributed by atoms with Gasteiger partial charge in [-0.2, -0.15) is 0 Å². The first-order valence-electron chi connectivity index (χ1n) is 10.1. The molecule has 0 aromatic heterocycles. The fraction of sp³-hybridized carbons (Fsp3) is 0.619. The van der Waals surface area contributed by atoms with E-state index in [4.69, 9.17) is 39.5 Å². The number of aromatic hydroxyl groups is 1. The van der Waals surface area contributed by atoms with Gasteiger partial charge in [0.25, 0.3) is 0 Å². The van der Waals surface area contributed by atoms with Crippen molar-refractivity contribution in [2.45, 2.75) is 51.6 Å². The van der Waals surface area contributed by atoms with E-state index in [9.17, 15) is 14.7 Å². The van der Waals surface area contributed by atoms with Gasteiger partial charge in [-0.15, -0.1) is 0 Å². The fourth-order valence-corrected chi connectivity index (χ4v) is 4.84. The molecule has 0 radical (unpaired) electrons. The summed E-state index contributed by atoms with van der Waals surface area (Å²) in [5, 5.41) is 11.0. The molecule has 30 heavy (non-hydrogen) atoms. The second-order valence-electron chi connectivity index (χ2n) is 8.93. The Morgan fingerprint density at radius 3 is 2.23 bits per heavy atom. The summed E-state index contributed by atoms with van der Waals surface area (Å²) < 4.78 is 5.40. The second kappa shape index (κ2) is 9.01. The van der Waals surface area contributed by atoms with Crippen molar-refractivity contribution in [1.29, 1.82) is 0 Å². The summed E-state index contributed by atoms with van der Waals surface area (Å²) in [6.45, 7) is 7.50. The summed E-state index contributed by atoms with van der Waals surface area (Å²) in [4.78, 5) is 28.6. The number of carbonyl (C=O) groups excluding carboxylic acids is 2. The van der Waals surface area contributed by atoms with Gasteiger partial charge >= 0.3 is 6.09 Å². The van der Waals surface area contributed by atoms with Crippen molar-refractivity contribution in [3.8, 4) is 5.75 Å². The molecule has 1 N–H and O–H groups in total. The van der Waals surface area contributed by atoms with Gasteiger partial charge in [0.2, 0.25) is 5.91 Å². The third-order valence-electron chi connectivity index (χ3n) is 5.58. The number of carbonyl (C=O) groups is 2. The number of ether oxygens (including phenoxy) is 1. The minimum atomic E-state index is -0.557. The van der Waals surface area contributed by atoms with Gasteiger partial charge in [0.1, 0.15) is 11.4 Å². The number of amides is 2. The molecule has 3 rings (SSSR count). The van der Waals surface area contributed by atoms with Crippen molar-refractivity contribution in [3.05, 3.63) is 26.7 Å². The van der Waals surface area contributed by atoms with E-state index in [1.807, 2.05) is 25.7 Å². The van der Waals surface area contributed by atoms with Gasteiger partial charge in [-0.1, -0.05) is 34.8 Å². The van der Waals surface area contributed by atoms with Crippen LogP contribution >= 0.6 is 34.8 Å². The number of phenolic OH excluding ortho intramolecular Hbond substituents is 1. The quantitative estimate of drug-likeness (QED) is 0.586. The van der Waals surface area contributed by atoms with E-state index in [-0.39, 0.29) is 44.7 Å². The number of piperidine rings is 1. The number of phenols is 1. The topological polar surface area (TPSA) is 70.1 Å². The molecule has 0 spiro atoms. The summed E-state index contributed by atoms with van der Waals surface area (Å²) in [5.74, 6) is -0.124. The second-order valence-corrected chi connectivity index (χ2v) is 10.1. The Labute approximate surface area is 192 Å². The third-order valence-corrected chi connectivity index (χ3v) is 6.86. The van der Waals surface area contributed by atoms with Crippen molar-refractivity contribution >= 4 is 46.8 Å². The number of hydrogen-bond donors (Lipinski definition) is 1. The number of likely N-dealkylation sites (tertiary alicyclic amines) is 2. The van der Waals surface area contributed by atoms with Crippen LogP contribution in [0.2, 0.25) is 15.1 Å². The monoisotopic (exact) mass is 476 g/mol. The Kier molecular flexibility index (Phi) is 7.00. The molecule has 1 atom stereocenters.